The number of aryl methyl sites for hydroxylation is 1. The molecule has 1 fully saturated rings. The van der Waals surface area contributed by atoms with E-state index in [1.54, 1.807) is 18.2 Å². The first-order valence-electron chi connectivity index (χ1n) is 9.67. The van der Waals surface area contributed by atoms with Crippen LogP contribution in [0.15, 0.2) is 40.5 Å². The van der Waals surface area contributed by atoms with Gasteiger partial charge >= 0.3 is 0 Å². The third-order valence-electron chi connectivity index (χ3n) is 5.67. The lowest BCUT2D eigenvalue weighted by Crippen LogP contribution is -2.49. The van der Waals surface area contributed by atoms with Gasteiger partial charge in [0, 0.05) is 31.5 Å². The summed E-state index contributed by atoms with van der Waals surface area (Å²) in [6.07, 6.45) is 7.88. The molecule has 0 unspecified atom stereocenters. The number of hydrogen-bond donors (Lipinski definition) is 0. The zero-order valence-corrected chi connectivity index (χ0v) is 17.4. The van der Waals surface area contributed by atoms with Crippen LogP contribution in [0.4, 0.5) is 0 Å². The molecule has 7 nitrogen and oxygen atoms in total. The van der Waals surface area contributed by atoms with Crippen molar-refractivity contribution in [3.63, 3.8) is 0 Å². The summed E-state index contributed by atoms with van der Waals surface area (Å²) in [6.45, 7) is 4.46. The monoisotopic (exact) mass is 417 g/mol. The van der Waals surface area contributed by atoms with Crippen molar-refractivity contribution < 1.29 is 8.42 Å². The second-order valence-electron chi connectivity index (χ2n) is 7.44. The van der Waals surface area contributed by atoms with Gasteiger partial charge in [-0.1, -0.05) is 0 Å². The van der Waals surface area contributed by atoms with Gasteiger partial charge in [-0.3, -0.25) is 0 Å². The van der Waals surface area contributed by atoms with E-state index in [9.17, 15) is 8.42 Å². The highest BCUT2D eigenvalue weighted by Gasteiger charge is 2.35. The van der Waals surface area contributed by atoms with Crippen LogP contribution < -0.4 is 0 Å². The van der Waals surface area contributed by atoms with E-state index in [-0.39, 0.29) is 0 Å². The van der Waals surface area contributed by atoms with Gasteiger partial charge < -0.3 is 9.80 Å². The Morgan fingerprint density at radius 3 is 2.71 bits per heavy atom. The molecule has 0 N–H and O–H groups in total. The van der Waals surface area contributed by atoms with Gasteiger partial charge in [0.15, 0.2) is 0 Å². The van der Waals surface area contributed by atoms with Gasteiger partial charge in [-0.15, -0.1) is 11.3 Å². The van der Waals surface area contributed by atoms with Crippen molar-refractivity contribution in [2.24, 2.45) is 4.99 Å². The molecule has 0 saturated heterocycles. The summed E-state index contributed by atoms with van der Waals surface area (Å²) in [5.74, 6) is 0.532. The predicted molar refractivity (Wildman–Crippen MR) is 111 cm³/mol. The number of nitrogens with zero attached hydrogens (tertiary/aromatic N) is 5. The van der Waals surface area contributed by atoms with E-state index in [2.05, 4.69) is 21.1 Å². The summed E-state index contributed by atoms with van der Waals surface area (Å²) >= 11 is 1.51. The van der Waals surface area contributed by atoms with Crippen molar-refractivity contribution in [3.8, 4) is 0 Å². The van der Waals surface area contributed by atoms with Crippen LogP contribution in [0.5, 0.6) is 0 Å². The molecular weight excluding hydrogens is 394 g/mol. The molecule has 2 aliphatic heterocycles. The molecule has 0 amide bonds. The second-order valence-corrected chi connectivity index (χ2v) is 10.5. The molecule has 5 rings (SSSR count). The zero-order valence-electron chi connectivity index (χ0n) is 15.8. The molecular formula is C19H23N5O2S2. The van der Waals surface area contributed by atoms with Crippen LogP contribution in [0, 0.1) is 6.92 Å². The molecule has 0 spiro atoms. The summed E-state index contributed by atoms with van der Waals surface area (Å²) in [7, 11) is -3.65. The van der Waals surface area contributed by atoms with Gasteiger partial charge in [-0.25, -0.2) is 22.7 Å². The SMILES string of the molecule is Cc1nc2ccc(S(=O)(=O)N3CCN=C3N3C=CN(C4CCC4)CC3)cc2s1. The maximum Gasteiger partial charge on any atom is 0.266 e. The lowest BCUT2D eigenvalue weighted by Gasteiger charge is -2.41. The van der Waals surface area contributed by atoms with Gasteiger partial charge in [-0.2, -0.15) is 0 Å². The fourth-order valence-electron chi connectivity index (χ4n) is 3.92. The molecule has 1 saturated carbocycles. The van der Waals surface area contributed by atoms with E-state index in [0.717, 1.165) is 28.3 Å². The highest BCUT2D eigenvalue weighted by molar-refractivity contribution is 7.89. The molecule has 148 valence electrons. The Hall–Kier alpha value is -2.13. The second kappa shape index (κ2) is 6.73. The van der Waals surface area contributed by atoms with Crippen LogP contribution in [0.3, 0.4) is 0 Å². The number of benzene rings is 1. The minimum atomic E-state index is -3.65. The van der Waals surface area contributed by atoms with Crippen LogP contribution in [0.1, 0.15) is 24.3 Å². The van der Waals surface area contributed by atoms with Crippen LogP contribution in [-0.4, -0.2) is 65.7 Å². The number of sulfonamides is 1. The minimum Gasteiger partial charge on any atom is -0.371 e. The van der Waals surface area contributed by atoms with Crippen molar-refractivity contribution in [3.05, 3.63) is 35.6 Å². The van der Waals surface area contributed by atoms with Gasteiger partial charge in [0.2, 0.25) is 5.96 Å². The lowest BCUT2D eigenvalue weighted by atomic mass is 9.91. The van der Waals surface area contributed by atoms with E-state index in [1.807, 2.05) is 18.0 Å². The molecule has 0 bridgehead atoms. The Morgan fingerprint density at radius 1 is 1.14 bits per heavy atom. The summed E-state index contributed by atoms with van der Waals surface area (Å²) in [6, 6.07) is 5.82. The van der Waals surface area contributed by atoms with Crippen LogP contribution in [0.2, 0.25) is 0 Å². The Balaban J connectivity index is 1.40. The number of aliphatic imine (C=N–C) groups is 1. The third-order valence-corrected chi connectivity index (χ3v) is 8.38. The zero-order chi connectivity index (χ0) is 19.3. The van der Waals surface area contributed by atoms with E-state index < -0.39 is 10.0 Å². The normalized spacial score (nSPS) is 20.8. The highest BCUT2D eigenvalue weighted by atomic mass is 32.2. The number of fused-ring (bicyclic) bond motifs is 1. The van der Waals surface area contributed by atoms with Crippen molar-refractivity contribution in [2.75, 3.05) is 26.2 Å². The van der Waals surface area contributed by atoms with E-state index in [4.69, 9.17) is 0 Å². The molecule has 9 heteroatoms. The van der Waals surface area contributed by atoms with Gasteiger partial charge in [0.25, 0.3) is 10.0 Å². The number of rotatable bonds is 3. The number of hydrogen-bond acceptors (Lipinski definition) is 7. The van der Waals surface area contributed by atoms with E-state index in [0.29, 0.717) is 30.0 Å². The van der Waals surface area contributed by atoms with Gasteiger partial charge in [-0.05, 0) is 44.4 Å². The molecule has 1 aromatic heterocycles. The summed E-state index contributed by atoms with van der Waals surface area (Å²) in [5, 5.41) is 0.933. The molecule has 2 aromatic rings. The Labute approximate surface area is 169 Å². The molecule has 3 heterocycles. The predicted octanol–water partition coefficient (Wildman–Crippen LogP) is 2.61. The fraction of sp³-hybridized carbons (Fsp3) is 0.474. The Morgan fingerprint density at radius 2 is 2.00 bits per heavy atom. The number of aromatic nitrogens is 1. The maximum absolute atomic E-state index is 13.3. The van der Waals surface area contributed by atoms with Crippen LogP contribution in [-0.2, 0) is 10.0 Å². The average molecular weight is 418 g/mol. The Bertz CT molecular complexity index is 1070. The lowest BCUT2D eigenvalue weighted by molar-refractivity contribution is 0.164. The van der Waals surface area contributed by atoms with E-state index >= 15 is 0 Å². The Kier molecular flexibility index (Phi) is 4.31. The highest BCUT2D eigenvalue weighted by Crippen LogP contribution is 2.29. The molecule has 3 aliphatic rings. The van der Waals surface area contributed by atoms with Gasteiger partial charge in [0.1, 0.15) is 0 Å². The average Bonchev–Trinajstić information content (AvgIpc) is 3.26. The largest absolute Gasteiger partial charge is 0.371 e. The van der Waals surface area contributed by atoms with Crippen molar-refractivity contribution in [1.82, 2.24) is 19.1 Å². The summed E-state index contributed by atoms with van der Waals surface area (Å²) in [4.78, 5) is 13.6. The van der Waals surface area contributed by atoms with Gasteiger partial charge in [0.05, 0.1) is 33.2 Å². The fourth-order valence-corrected chi connectivity index (χ4v) is 6.32. The molecule has 0 atom stereocenters. The third kappa shape index (κ3) is 2.97. The number of guanidine groups is 1. The molecule has 28 heavy (non-hydrogen) atoms. The molecule has 1 aliphatic carbocycles. The standard InChI is InChI=1S/C19H23N5O2S2/c1-14-21-17-6-5-16(13-18(17)27-14)28(25,26)24-8-7-20-19(24)23-11-9-22(10-12-23)15-3-2-4-15/h5-6,9,11,13,15H,2-4,7-8,10,12H2,1H3. The van der Waals surface area contributed by atoms with Crippen LogP contribution >= 0.6 is 11.3 Å². The summed E-state index contributed by atoms with van der Waals surface area (Å²) < 4.78 is 29.0. The summed E-state index contributed by atoms with van der Waals surface area (Å²) in [5.41, 5.74) is 0.840. The molecule has 1 aromatic carbocycles. The smallest absolute Gasteiger partial charge is 0.266 e. The first-order chi connectivity index (χ1) is 13.5. The maximum atomic E-state index is 13.3. The van der Waals surface area contributed by atoms with Crippen molar-refractivity contribution in [1.29, 1.82) is 0 Å². The first kappa shape index (κ1) is 17.9. The topological polar surface area (TPSA) is 69.1 Å². The van der Waals surface area contributed by atoms with Crippen molar-refractivity contribution >= 4 is 37.5 Å². The van der Waals surface area contributed by atoms with Crippen LogP contribution in [0.25, 0.3) is 10.2 Å². The first-order valence-corrected chi connectivity index (χ1v) is 11.9. The number of thiazole rings is 1. The quantitative estimate of drug-likeness (QED) is 0.768. The van der Waals surface area contributed by atoms with Crippen molar-refractivity contribution in [2.45, 2.75) is 37.1 Å². The molecule has 0 radical (unpaired) electrons. The minimum absolute atomic E-state index is 0.301. The van der Waals surface area contributed by atoms with E-state index in [1.165, 1.54) is 34.9 Å².